The number of esters is 1. The third-order valence-electron chi connectivity index (χ3n) is 4.63. The SMILES string of the molecule is COC(=O)c1ccc(CN2CCCN(S(=O)(=O)c3ccc(C)cc3)CC2)o1. The number of benzene rings is 1. The van der Waals surface area contributed by atoms with E-state index in [1.54, 1.807) is 28.6 Å². The summed E-state index contributed by atoms with van der Waals surface area (Å²) >= 11 is 0. The number of carbonyl (C=O) groups excluding carboxylic acids is 1. The Morgan fingerprint density at radius 2 is 1.81 bits per heavy atom. The van der Waals surface area contributed by atoms with Gasteiger partial charge in [-0.25, -0.2) is 13.2 Å². The zero-order valence-corrected chi connectivity index (χ0v) is 16.4. The molecule has 1 aliphatic heterocycles. The molecule has 1 fully saturated rings. The standard InChI is InChI=1S/C19H24N2O5S/c1-15-4-7-17(8-5-15)27(23,24)21-11-3-10-20(12-13-21)14-16-6-9-18(26-16)19(22)25-2/h4-9H,3,10-14H2,1-2H3. The Kier molecular flexibility index (Phi) is 5.98. The molecule has 7 nitrogen and oxygen atoms in total. The Balaban J connectivity index is 1.64. The zero-order chi connectivity index (χ0) is 19.4. The Labute approximate surface area is 159 Å². The second-order valence-electron chi connectivity index (χ2n) is 6.60. The van der Waals surface area contributed by atoms with E-state index >= 15 is 0 Å². The molecule has 2 aromatic rings. The lowest BCUT2D eigenvalue weighted by atomic mass is 10.2. The fraction of sp³-hybridized carbons (Fsp3) is 0.421. The summed E-state index contributed by atoms with van der Waals surface area (Å²) in [6.45, 7) is 4.71. The van der Waals surface area contributed by atoms with Gasteiger partial charge in [0.25, 0.3) is 0 Å². The molecule has 3 rings (SSSR count). The van der Waals surface area contributed by atoms with Gasteiger partial charge in [-0.2, -0.15) is 4.31 Å². The highest BCUT2D eigenvalue weighted by Gasteiger charge is 2.27. The smallest absolute Gasteiger partial charge is 0.373 e. The van der Waals surface area contributed by atoms with Crippen LogP contribution in [0.15, 0.2) is 45.7 Å². The maximum Gasteiger partial charge on any atom is 0.373 e. The van der Waals surface area contributed by atoms with Crippen LogP contribution in [0.3, 0.4) is 0 Å². The Bertz CT molecular complexity index is 889. The fourth-order valence-electron chi connectivity index (χ4n) is 3.10. The van der Waals surface area contributed by atoms with E-state index in [-0.39, 0.29) is 5.76 Å². The number of nitrogens with zero attached hydrogens (tertiary/aromatic N) is 2. The predicted molar refractivity (Wildman–Crippen MR) is 99.9 cm³/mol. The minimum absolute atomic E-state index is 0.172. The molecule has 146 valence electrons. The van der Waals surface area contributed by atoms with Crippen LogP contribution in [0.2, 0.25) is 0 Å². The highest BCUT2D eigenvalue weighted by molar-refractivity contribution is 7.89. The molecular weight excluding hydrogens is 368 g/mol. The van der Waals surface area contributed by atoms with Crippen molar-refractivity contribution in [1.29, 1.82) is 0 Å². The van der Waals surface area contributed by atoms with E-state index in [0.717, 1.165) is 18.5 Å². The topological polar surface area (TPSA) is 80.1 Å². The molecule has 0 N–H and O–H groups in total. The minimum atomic E-state index is -3.49. The molecule has 1 aromatic heterocycles. The van der Waals surface area contributed by atoms with Gasteiger partial charge in [0, 0.05) is 19.6 Å². The average Bonchev–Trinajstić information content (AvgIpc) is 2.98. The lowest BCUT2D eigenvalue weighted by Crippen LogP contribution is -2.35. The van der Waals surface area contributed by atoms with Gasteiger partial charge < -0.3 is 9.15 Å². The van der Waals surface area contributed by atoms with Gasteiger partial charge in [-0.1, -0.05) is 17.7 Å². The van der Waals surface area contributed by atoms with Crippen molar-refractivity contribution in [3.63, 3.8) is 0 Å². The molecule has 0 saturated carbocycles. The van der Waals surface area contributed by atoms with E-state index in [1.165, 1.54) is 7.11 Å². The molecule has 0 bridgehead atoms. The van der Waals surface area contributed by atoms with Crippen LogP contribution in [0.5, 0.6) is 0 Å². The van der Waals surface area contributed by atoms with E-state index in [9.17, 15) is 13.2 Å². The normalized spacial score (nSPS) is 16.8. The van der Waals surface area contributed by atoms with Crippen molar-refractivity contribution < 1.29 is 22.4 Å². The highest BCUT2D eigenvalue weighted by Crippen LogP contribution is 2.19. The van der Waals surface area contributed by atoms with Crippen molar-refractivity contribution in [2.45, 2.75) is 24.8 Å². The molecular formula is C19H24N2O5S. The third-order valence-corrected chi connectivity index (χ3v) is 6.55. The van der Waals surface area contributed by atoms with Crippen molar-refractivity contribution in [2.24, 2.45) is 0 Å². The number of methoxy groups -OCH3 is 1. The number of sulfonamides is 1. The number of aryl methyl sites for hydroxylation is 1. The van der Waals surface area contributed by atoms with Crippen molar-refractivity contribution in [1.82, 2.24) is 9.21 Å². The molecule has 0 amide bonds. The fourth-order valence-corrected chi connectivity index (χ4v) is 4.57. The summed E-state index contributed by atoms with van der Waals surface area (Å²) in [7, 11) is -2.18. The first-order chi connectivity index (χ1) is 12.9. The monoisotopic (exact) mass is 392 g/mol. The van der Waals surface area contributed by atoms with Crippen LogP contribution < -0.4 is 0 Å². The van der Waals surface area contributed by atoms with Crippen molar-refractivity contribution in [3.05, 3.63) is 53.5 Å². The molecule has 8 heteroatoms. The van der Waals surface area contributed by atoms with E-state index < -0.39 is 16.0 Å². The van der Waals surface area contributed by atoms with Gasteiger partial charge in [-0.15, -0.1) is 0 Å². The lowest BCUT2D eigenvalue weighted by molar-refractivity contribution is 0.0561. The first-order valence-electron chi connectivity index (χ1n) is 8.86. The van der Waals surface area contributed by atoms with Crippen LogP contribution in [-0.2, 0) is 21.3 Å². The van der Waals surface area contributed by atoms with Crippen LogP contribution in [0, 0.1) is 6.92 Å². The molecule has 27 heavy (non-hydrogen) atoms. The van der Waals surface area contributed by atoms with Crippen LogP contribution >= 0.6 is 0 Å². The predicted octanol–water partition coefficient (Wildman–Crippen LogP) is 2.27. The zero-order valence-electron chi connectivity index (χ0n) is 15.6. The minimum Gasteiger partial charge on any atom is -0.463 e. The van der Waals surface area contributed by atoms with Crippen LogP contribution in [0.4, 0.5) is 0 Å². The first kappa shape index (κ1) is 19.6. The third kappa shape index (κ3) is 4.58. The van der Waals surface area contributed by atoms with E-state index in [0.29, 0.717) is 36.8 Å². The van der Waals surface area contributed by atoms with E-state index in [1.807, 2.05) is 19.1 Å². The maximum absolute atomic E-state index is 12.9. The molecule has 0 atom stereocenters. The average molecular weight is 392 g/mol. The summed E-state index contributed by atoms with van der Waals surface area (Å²) in [4.78, 5) is 13.9. The molecule has 1 aliphatic rings. The van der Waals surface area contributed by atoms with Gasteiger partial charge in [-0.05, 0) is 44.2 Å². The number of rotatable bonds is 5. The highest BCUT2D eigenvalue weighted by atomic mass is 32.2. The summed E-state index contributed by atoms with van der Waals surface area (Å²) in [5.74, 6) is 0.323. The van der Waals surface area contributed by atoms with E-state index in [4.69, 9.17) is 4.42 Å². The summed E-state index contributed by atoms with van der Waals surface area (Å²) in [5, 5.41) is 0. The molecule has 0 unspecified atom stereocenters. The molecule has 0 radical (unpaired) electrons. The van der Waals surface area contributed by atoms with Gasteiger partial charge in [0.05, 0.1) is 18.6 Å². The summed E-state index contributed by atoms with van der Waals surface area (Å²) in [5.41, 5.74) is 1.03. The Hall–Kier alpha value is -2.16. The Morgan fingerprint density at radius 1 is 1.07 bits per heavy atom. The second kappa shape index (κ2) is 8.24. The largest absolute Gasteiger partial charge is 0.463 e. The number of ether oxygens (including phenoxy) is 1. The van der Waals surface area contributed by atoms with Gasteiger partial charge in [-0.3, -0.25) is 4.90 Å². The summed E-state index contributed by atoms with van der Waals surface area (Å²) in [6, 6.07) is 10.3. The van der Waals surface area contributed by atoms with E-state index in [2.05, 4.69) is 9.64 Å². The molecule has 2 heterocycles. The first-order valence-corrected chi connectivity index (χ1v) is 10.3. The van der Waals surface area contributed by atoms with Gasteiger partial charge in [0.15, 0.2) is 0 Å². The van der Waals surface area contributed by atoms with Crippen LogP contribution in [0.25, 0.3) is 0 Å². The van der Waals surface area contributed by atoms with Crippen LogP contribution in [-0.4, -0.2) is 56.9 Å². The summed E-state index contributed by atoms with van der Waals surface area (Å²) < 4.78 is 37.4. The second-order valence-corrected chi connectivity index (χ2v) is 8.54. The maximum atomic E-state index is 12.9. The van der Waals surface area contributed by atoms with Gasteiger partial charge >= 0.3 is 5.97 Å². The quantitative estimate of drug-likeness (QED) is 0.726. The molecule has 0 aliphatic carbocycles. The number of hydrogen-bond donors (Lipinski definition) is 0. The molecule has 1 saturated heterocycles. The van der Waals surface area contributed by atoms with Crippen molar-refractivity contribution >= 4 is 16.0 Å². The lowest BCUT2D eigenvalue weighted by Gasteiger charge is -2.21. The number of hydrogen-bond acceptors (Lipinski definition) is 6. The van der Waals surface area contributed by atoms with Crippen LogP contribution in [0.1, 0.15) is 28.3 Å². The molecule has 1 aromatic carbocycles. The van der Waals surface area contributed by atoms with Gasteiger partial charge in [0.1, 0.15) is 5.76 Å². The molecule has 0 spiro atoms. The Morgan fingerprint density at radius 3 is 2.52 bits per heavy atom. The summed E-state index contributed by atoms with van der Waals surface area (Å²) in [6.07, 6.45) is 0.732. The number of carbonyl (C=O) groups is 1. The van der Waals surface area contributed by atoms with Gasteiger partial charge in [0.2, 0.25) is 15.8 Å². The number of furan rings is 1. The van der Waals surface area contributed by atoms with Crippen molar-refractivity contribution in [2.75, 3.05) is 33.3 Å². The van der Waals surface area contributed by atoms with Crippen molar-refractivity contribution in [3.8, 4) is 0 Å².